The van der Waals surface area contributed by atoms with Gasteiger partial charge in [-0.2, -0.15) is 11.3 Å². The molecule has 19 heavy (non-hydrogen) atoms. The molecule has 0 aliphatic carbocycles. The van der Waals surface area contributed by atoms with E-state index in [1.54, 1.807) is 18.3 Å². The minimum absolute atomic E-state index is 0.126. The summed E-state index contributed by atoms with van der Waals surface area (Å²) in [7, 11) is 0. The van der Waals surface area contributed by atoms with Gasteiger partial charge in [-0.15, -0.1) is 0 Å². The Morgan fingerprint density at radius 1 is 1.37 bits per heavy atom. The number of carboxylic acid groups (broad SMARTS) is 1. The standard InChI is InChI=1S/C13H18N2O3S/c1-10(13(17)18)14-3-5-15(6-4-14)12(16)8-11-2-7-19-9-11/h2,7,9-10H,3-6,8H2,1H3,(H,17,18). The molecular weight excluding hydrogens is 264 g/mol. The third-order valence-corrected chi connectivity index (χ3v) is 4.24. The fourth-order valence-electron chi connectivity index (χ4n) is 2.19. The number of carboxylic acids is 1. The van der Waals surface area contributed by atoms with E-state index < -0.39 is 12.0 Å². The lowest BCUT2D eigenvalue weighted by Crippen LogP contribution is -2.53. The van der Waals surface area contributed by atoms with E-state index >= 15 is 0 Å². The lowest BCUT2D eigenvalue weighted by molar-refractivity contribution is -0.144. The highest BCUT2D eigenvalue weighted by Gasteiger charge is 2.26. The molecule has 1 aromatic heterocycles. The van der Waals surface area contributed by atoms with Crippen LogP contribution in [-0.4, -0.2) is 59.0 Å². The summed E-state index contributed by atoms with van der Waals surface area (Å²) in [5.74, 6) is -0.681. The molecule has 1 aliphatic rings. The Hall–Kier alpha value is -1.40. The van der Waals surface area contributed by atoms with Gasteiger partial charge >= 0.3 is 5.97 Å². The van der Waals surface area contributed by atoms with Crippen LogP contribution in [0.3, 0.4) is 0 Å². The second kappa shape index (κ2) is 6.16. The molecule has 6 heteroatoms. The van der Waals surface area contributed by atoms with Gasteiger partial charge in [0.05, 0.1) is 6.42 Å². The van der Waals surface area contributed by atoms with E-state index in [-0.39, 0.29) is 5.91 Å². The van der Waals surface area contributed by atoms with Gasteiger partial charge in [-0.3, -0.25) is 14.5 Å². The lowest BCUT2D eigenvalue weighted by Gasteiger charge is -2.36. The van der Waals surface area contributed by atoms with E-state index in [0.717, 1.165) is 5.56 Å². The molecule has 0 radical (unpaired) electrons. The van der Waals surface area contributed by atoms with Crippen LogP contribution in [0, 0.1) is 0 Å². The molecule has 1 atom stereocenters. The highest BCUT2D eigenvalue weighted by Crippen LogP contribution is 2.11. The Bertz CT molecular complexity index is 439. The largest absolute Gasteiger partial charge is 0.480 e. The summed E-state index contributed by atoms with van der Waals surface area (Å²) >= 11 is 1.59. The number of aliphatic carboxylic acids is 1. The molecule has 0 saturated carbocycles. The van der Waals surface area contributed by atoms with Crippen LogP contribution in [0.25, 0.3) is 0 Å². The van der Waals surface area contributed by atoms with Gasteiger partial charge in [-0.25, -0.2) is 0 Å². The van der Waals surface area contributed by atoms with Crippen molar-refractivity contribution in [2.45, 2.75) is 19.4 Å². The van der Waals surface area contributed by atoms with Crippen LogP contribution < -0.4 is 0 Å². The number of hydrogen-bond acceptors (Lipinski definition) is 4. The Kier molecular flexibility index (Phi) is 4.55. The molecule has 1 amide bonds. The Labute approximate surface area is 116 Å². The summed E-state index contributed by atoms with van der Waals surface area (Å²) in [6, 6.07) is 1.49. The highest BCUT2D eigenvalue weighted by molar-refractivity contribution is 7.07. The molecule has 0 spiro atoms. The van der Waals surface area contributed by atoms with Gasteiger partial charge in [0.15, 0.2) is 0 Å². The molecular formula is C13H18N2O3S. The average Bonchev–Trinajstić information content (AvgIpc) is 2.90. The average molecular weight is 282 g/mol. The third-order valence-electron chi connectivity index (χ3n) is 3.51. The van der Waals surface area contributed by atoms with E-state index in [1.807, 2.05) is 26.6 Å². The second-order valence-corrected chi connectivity index (χ2v) is 5.52. The number of piperazine rings is 1. The van der Waals surface area contributed by atoms with E-state index in [4.69, 9.17) is 5.11 Å². The minimum Gasteiger partial charge on any atom is -0.480 e. The number of carbonyl (C=O) groups is 2. The zero-order chi connectivity index (χ0) is 13.8. The summed E-state index contributed by atoms with van der Waals surface area (Å²) < 4.78 is 0. The predicted molar refractivity (Wildman–Crippen MR) is 73.3 cm³/mol. The first kappa shape index (κ1) is 14.0. The second-order valence-electron chi connectivity index (χ2n) is 4.74. The van der Waals surface area contributed by atoms with Crippen LogP contribution in [-0.2, 0) is 16.0 Å². The molecule has 0 aromatic carbocycles. The fourth-order valence-corrected chi connectivity index (χ4v) is 2.86. The predicted octanol–water partition coefficient (Wildman–Crippen LogP) is 0.908. The quantitative estimate of drug-likeness (QED) is 0.891. The van der Waals surface area contributed by atoms with Gasteiger partial charge in [-0.1, -0.05) is 0 Å². The van der Waals surface area contributed by atoms with Crippen molar-refractivity contribution in [2.75, 3.05) is 26.2 Å². The minimum atomic E-state index is -0.807. The van der Waals surface area contributed by atoms with Crippen molar-refractivity contribution >= 4 is 23.2 Å². The molecule has 104 valence electrons. The van der Waals surface area contributed by atoms with E-state index in [9.17, 15) is 9.59 Å². The van der Waals surface area contributed by atoms with Crippen LogP contribution >= 0.6 is 11.3 Å². The zero-order valence-electron chi connectivity index (χ0n) is 10.9. The maximum absolute atomic E-state index is 12.1. The van der Waals surface area contributed by atoms with Gasteiger partial charge in [0.1, 0.15) is 6.04 Å². The summed E-state index contributed by atoms with van der Waals surface area (Å²) in [5.41, 5.74) is 1.05. The molecule has 1 aromatic rings. The number of amides is 1. The van der Waals surface area contributed by atoms with Crippen molar-refractivity contribution in [3.63, 3.8) is 0 Å². The van der Waals surface area contributed by atoms with Crippen molar-refractivity contribution in [1.29, 1.82) is 0 Å². The topological polar surface area (TPSA) is 60.9 Å². The van der Waals surface area contributed by atoms with Crippen LogP contribution in [0.15, 0.2) is 16.8 Å². The smallest absolute Gasteiger partial charge is 0.320 e. The number of hydrogen-bond donors (Lipinski definition) is 1. The Morgan fingerprint density at radius 3 is 2.58 bits per heavy atom. The van der Waals surface area contributed by atoms with Gasteiger partial charge in [0.25, 0.3) is 0 Å². The summed E-state index contributed by atoms with van der Waals surface area (Å²) in [6.45, 7) is 4.16. The maximum atomic E-state index is 12.1. The third kappa shape index (κ3) is 3.54. The van der Waals surface area contributed by atoms with Gasteiger partial charge < -0.3 is 10.0 Å². The van der Waals surface area contributed by atoms with Crippen LogP contribution in [0.5, 0.6) is 0 Å². The number of carbonyl (C=O) groups excluding carboxylic acids is 1. The molecule has 1 N–H and O–H groups in total. The van der Waals surface area contributed by atoms with E-state index in [1.165, 1.54) is 0 Å². The van der Waals surface area contributed by atoms with Gasteiger partial charge in [-0.05, 0) is 29.3 Å². The summed E-state index contributed by atoms with van der Waals surface area (Å²) in [5, 5.41) is 12.9. The molecule has 1 aliphatic heterocycles. The molecule has 1 fully saturated rings. The molecule has 0 bridgehead atoms. The van der Waals surface area contributed by atoms with Crippen molar-refractivity contribution in [2.24, 2.45) is 0 Å². The van der Waals surface area contributed by atoms with Crippen molar-refractivity contribution < 1.29 is 14.7 Å². The fraction of sp³-hybridized carbons (Fsp3) is 0.538. The van der Waals surface area contributed by atoms with Crippen molar-refractivity contribution in [1.82, 2.24) is 9.80 Å². The maximum Gasteiger partial charge on any atom is 0.320 e. The van der Waals surface area contributed by atoms with E-state index in [2.05, 4.69) is 0 Å². The molecule has 2 heterocycles. The molecule has 5 nitrogen and oxygen atoms in total. The summed E-state index contributed by atoms with van der Waals surface area (Å²) in [4.78, 5) is 26.7. The number of thiophene rings is 1. The Balaban J connectivity index is 1.83. The normalized spacial score (nSPS) is 18.3. The first-order chi connectivity index (χ1) is 9.08. The first-order valence-corrected chi connectivity index (χ1v) is 7.28. The van der Waals surface area contributed by atoms with Crippen LogP contribution in [0.1, 0.15) is 12.5 Å². The SMILES string of the molecule is CC(C(=O)O)N1CCN(C(=O)Cc2ccsc2)CC1. The van der Waals surface area contributed by atoms with Gasteiger partial charge in [0, 0.05) is 26.2 Å². The molecule has 1 saturated heterocycles. The van der Waals surface area contributed by atoms with Gasteiger partial charge in [0.2, 0.25) is 5.91 Å². The lowest BCUT2D eigenvalue weighted by atomic mass is 10.2. The number of nitrogens with zero attached hydrogens (tertiary/aromatic N) is 2. The zero-order valence-corrected chi connectivity index (χ0v) is 11.7. The highest BCUT2D eigenvalue weighted by atomic mass is 32.1. The van der Waals surface area contributed by atoms with Crippen molar-refractivity contribution in [3.8, 4) is 0 Å². The number of rotatable bonds is 4. The molecule has 1 unspecified atom stereocenters. The van der Waals surface area contributed by atoms with Crippen LogP contribution in [0.4, 0.5) is 0 Å². The molecule has 2 rings (SSSR count). The first-order valence-electron chi connectivity index (χ1n) is 6.33. The Morgan fingerprint density at radius 2 is 2.05 bits per heavy atom. The van der Waals surface area contributed by atoms with Crippen LogP contribution in [0.2, 0.25) is 0 Å². The van der Waals surface area contributed by atoms with Crippen molar-refractivity contribution in [3.05, 3.63) is 22.4 Å². The summed E-state index contributed by atoms with van der Waals surface area (Å²) in [6.07, 6.45) is 0.442. The van der Waals surface area contributed by atoms with E-state index in [0.29, 0.717) is 32.6 Å². The monoisotopic (exact) mass is 282 g/mol.